The Hall–Kier alpha value is -1.77. The van der Waals surface area contributed by atoms with Gasteiger partial charge in [-0.1, -0.05) is 0 Å². The molecule has 0 saturated carbocycles. The summed E-state index contributed by atoms with van der Waals surface area (Å²) in [4.78, 5) is 2.18. The minimum atomic E-state index is -0.310. The predicted octanol–water partition coefficient (Wildman–Crippen LogP) is 0.872. The van der Waals surface area contributed by atoms with Crippen LogP contribution < -0.4 is 10.5 Å². The second kappa shape index (κ2) is 6.24. The molecule has 96 valence electrons. The van der Waals surface area contributed by atoms with Crippen LogP contribution in [0.2, 0.25) is 0 Å². The molecule has 1 unspecified atom stereocenters. The van der Waals surface area contributed by atoms with Crippen molar-refractivity contribution in [2.24, 2.45) is 0 Å². The maximum absolute atomic E-state index is 8.79. The first-order valence-corrected chi connectivity index (χ1v) is 6.00. The Bertz CT molecular complexity index is 413. The van der Waals surface area contributed by atoms with E-state index in [2.05, 4.69) is 11.0 Å². The van der Waals surface area contributed by atoms with Gasteiger partial charge in [0.15, 0.2) is 6.10 Å². The van der Waals surface area contributed by atoms with Crippen molar-refractivity contribution in [2.75, 3.05) is 38.6 Å². The number of nitrogens with zero attached hydrogens (tertiary/aromatic N) is 2. The van der Waals surface area contributed by atoms with E-state index >= 15 is 0 Å². The molecule has 1 saturated heterocycles. The Morgan fingerprint density at radius 3 is 2.94 bits per heavy atom. The van der Waals surface area contributed by atoms with Gasteiger partial charge in [0.2, 0.25) is 0 Å². The maximum atomic E-state index is 8.79. The molecule has 0 spiro atoms. The van der Waals surface area contributed by atoms with Gasteiger partial charge in [0.05, 0.1) is 12.7 Å². The fraction of sp³-hybridized carbons (Fsp3) is 0.462. The number of anilines is 1. The normalized spacial score (nSPS) is 20.3. The van der Waals surface area contributed by atoms with Gasteiger partial charge in [-0.15, -0.1) is 0 Å². The number of benzene rings is 1. The number of nitriles is 1. The Kier molecular flexibility index (Phi) is 4.40. The number of nitrogen functional groups attached to an aromatic ring is 1. The monoisotopic (exact) mass is 247 g/mol. The molecule has 1 aromatic rings. The summed E-state index contributed by atoms with van der Waals surface area (Å²) in [7, 11) is 0. The number of morpholine rings is 1. The van der Waals surface area contributed by atoms with Crippen LogP contribution in [0.1, 0.15) is 0 Å². The van der Waals surface area contributed by atoms with Gasteiger partial charge in [0.25, 0.3) is 0 Å². The molecule has 0 amide bonds. The Labute approximate surface area is 107 Å². The van der Waals surface area contributed by atoms with Crippen molar-refractivity contribution in [1.82, 2.24) is 4.90 Å². The quantitative estimate of drug-likeness (QED) is 0.799. The molecule has 0 aliphatic carbocycles. The summed E-state index contributed by atoms with van der Waals surface area (Å²) in [5.74, 6) is 0.814. The molecular weight excluding hydrogens is 230 g/mol. The number of nitrogens with two attached hydrogens (primary N) is 1. The van der Waals surface area contributed by atoms with Crippen LogP contribution in [-0.4, -0.2) is 43.9 Å². The molecule has 18 heavy (non-hydrogen) atoms. The lowest BCUT2D eigenvalue weighted by molar-refractivity contribution is -0.00334. The molecule has 2 N–H and O–H groups in total. The van der Waals surface area contributed by atoms with Crippen LogP contribution in [0.5, 0.6) is 5.75 Å². The average molecular weight is 247 g/mol. The van der Waals surface area contributed by atoms with Crippen LogP contribution in [0, 0.1) is 11.3 Å². The highest BCUT2D eigenvalue weighted by atomic mass is 16.5. The SMILES string of the molecule is N#CC1CN(CCOc2ccc(N)cc2)CCO1. The van der Waals surface area contributed by atoms with Crippen LogP contribution in [0.3, 0.4) is 0 Å². The van der Waals surface area contributed by atoms with Gasteiger partial charge in [0, 0.05) is 25.3 Å². The molecule has 1 aromatic carbocycles. The topological polar surface area (TPSA) is 71.5 Å². The number of hydrogen-bond donors (Lipinski definition) is 1. The number of rotatable bonds is 4. The lowest BCUT2D eigenvalue weighted by Crippen LogP contribution is -2.43. The Morgan fingerprint density at radius 2 is 2.22 bits per heavy atom. The van der Waals surface area contributed by atoms with Gasteiger partial charge >= 0.3 is 0 Å². The van der Waals surface area contributed by atoms with Crippen LogP contribution >= 0.6 is 0 Å². The van der Waals surface area contributed by atoms with Crippen molar-refractivity contribution in [3.63, 3.8) is 0 Å². The van der Waals surface area contributed by atoms with Crippen molar-refractivity contribution in [2.45, 2.75) is 6.10 Å². The van der Waals surface area contributed by atoms with Gasteiger partial charge in [-0.2, -0.15) is 5.26 Å². The van der Waals surface area contributed by atoms with Crippen molar-refractivity contribution >= 4 is 5.69 Å². The smallest absolute Gasteiger partial charge is 0.156 e. The fourth-order valence-corrected chi connectivity index (χ4v) is 1.84. The fourth-order valence-electron chi connectivity index (χ4n) is 1.84. The largest absolute Gasteiger partial charge is 0.492 e. The van der Waals surface area contributed by atoms with E-state index in [-0.39, 0.29) is 6.10 Å². The molecular formula is C13H17N3O2. The molecule has 0 bridgehead atoms. The zero-order valence-electron chi connectivity index (χ0n) is 10.2. The zero-order chi connectivity index (χ0) is 12.8. The minimum Gasteiger partial charge on any atom is -0.492 e. The Balaban J connectivity index is 1.72. The van der Waals surface area contributed by atoms with Crippen LogP contribution in [0.25, 0.3) is 0 Å². The second-order valence-electron chi connectivity index (χ2n) is 4.21. The van der Waals surface area contributed by atoms with Gasteiger partial charge in [-0.3, -0.25) is 4.90 Å². The van der Waals surface area contributed by atoms with E-state index in [0.29, 0.717) is 19.8 Å². The highest BCUT2D eigenvalue weighted by Gasteiger charge is 2.19. The van der Waals surface area contributed by atoms with Crippen LogP contribution in [-0.2, 0) is 4.74 Å². The number of ether oxygens (including phenoxy) is 2. The van der Waals surface area contributed by atoms with E-state index in [0.717, 1.165) is 24.5 Å². The van der Waals surface area contributed by atoms with Crippen molar-refractivity contribution in [3.8, 4) is 11.8 Å². The molecule has 0 aromatic heterocycles. The molecule has 1 aliphatic rings. The average Bonchev–Trinajstić information content (AvgIpc) is 2.41. The van der Waals surface area contributed by atoms with Gasteiger partial charge in [-0.05, 0) is 24.3 Å². The van der Waals surface area contributed by atoms with E-state index in [1.165, 1.54) is 0 Å². The summed E-state index contributed by atoms with van der Waals surface area (Å²) < 4.78 is 10.9. The third-order valence-corrected chi connectivity index (χ3v) is 2.85. The first-order chi connectivity index (χ1) is 8.78. The number of hydrogen-bond acceptors (Lipinski definition) is 5. The predicted molar refractivity (Wildman–Crippen MR) is 68.1 cm³/mol. The molecule has 5 nitrogen and oxygen atoms in total. The van der Waals surface area contributed by atoms with Crippen molar-refractivity contribution < 1.29 is 9.47 Å². The summed E-state index contributed by atoms with van der Waals surface area (Å²) in [6.45, 7) is 3.51. The summed E-state index contributed by atoms with van der Waals surface area (Å²) in [6.07, 6.45) is -0.310. The van der Waals surface area contributed by atoms with Gasteiger partial charge in [-0.25, -0.2) is 0 Å². The molecule has 5 heteroatoms. The van der Waals surface area contributed by atoms with Crippen LogP contribution in [0.4, 0.5) is 5.69 Å². The third-order valence-electron chi connectivity index (χ3n) is 2.85. The molecule has 2 rings (SSSR count). The van der Waals surface area contributed by atoms with Crippen molar-refractivity contribution in [3.05, 3.63) is 24.3 Å². The highest BCUT2D eigenvalue weighted by Crippen LogP contribution is 2.13. The lowest BCUT2D eigenvalue weighted by Gasteiger charge is -2.29. The first kappa shape index (κ1) is 12.7. The van der Waals surface area contributed by atoms with E-state index in [9.17, 15) is 0 Å². The van der Waals surface area contributed by atoms with Gasteiger partial charge in [0.1, 0.15) is 12.4 Å². The lowest BCUT2D eigenvalue weighted by atomic mass is 10.3. The molecule has 1 atom stereocenters. The Morgan fingerprint density at radius 1 is 1.44 bits per heavy atom. The maximum Gasteiger partial charge on any atom is 0.156 e. The van der Waals surface area contributed by atoms with E-state index in [1.807, 2.05) is 24.3 Å². The standard InChI is InChI=1S/C13H17N3O2/c14-9-13-10-16(6-8-18-13)5-7-17-12-3-1-11(15)2-4-12/h1-4,13H,5-8,10,15H2. The van der Waals surface area contributed by atoms with Crippen molar-refractivity contribution in [1.29, 1.82) is 5.26 Å². The minimum absolute atomic E-state index is 0.310. The molecule has 0 radical (unpaired) electrons. The third kappa shape index (κ3) is 3.62. The summed E-state index contributed by atoms with van der Waals surface area (Å²) in [6, 6.07) is 9.47. The van der Waals surface area contributed by atoms with Gasteiger partial charge < -0.3 is 15.2 Å². The second-order valence-corrected chi connectivity index (χ2v) is 4.21. The molecule has 1 heterocycles. The van der Waals surface area contributed by atoms with E-state index in [1.54, 1.807) is 0 Å². The summed E-state index contributed by atoms with van der Waals surface area (Å²) in [5, 5.41) is 8.79. The molecule has 1 aliphatic heterocycles. The van der Waals surface area contributed by atoms with Crippen LogP contribution in [0.15, 0.2) is 24.3 Å². The molecule has 1 fully saturated rings. The highest BCUT2D eigenvalue weighted by molar-refractivity contribution is 5.41. The zero-order valence-corrected chi connectivity index (χ0v) is 10.2. The van der Waals surface area contributed by atoms with E-state index in [4.69, 9.17) is 20.5 Å². The summed E-state index contributed by atoms with van der Waals surface area (Å²) in [5.41, 5.74) is 6.32. The summed E-state index contributed by atoms with van der Waals surface area (Å²) >= 11 is 0. The first-order valence-electron chi connectivity index (χ1n) is 6.00. The van der Waals surface area contributed by atoms with E-state index < -0.39 is 0 Å².